The fourth-order valence-corrected chi connectivity index (χ4v) is 1.93. The molecule has 0 N–H and O–H groups in total. The molecule has 0 heterocycles. The number of hydrogen-bond donors (Lipinski definition) is 0. The van der Waals surface area contributed by atoms with Crippen LogP contribution in [0.2, 0.25) is 0 Å². The van der Waals surface area contributed by atoms with E-state index in [0.29, 0.717) is 6.61 Å². The number of ether oxygens (including phenoxy) is 1. The van der Waals surface area contributed by atoms with Gasteiger partial charge in [-0.1, -0.05) is 27.7 Å². The Bertz CT molecular complexity index is 410. The van der Waals surface area contributed by atoms with E-state index in [-0.39, 0.29) is 22.4 Å². The minimum Gasteiger partial charge on any atom is -0.493 e. The molecular formula is C14H21NO3. The van der Waals surface area contributed by atoms with Crippen molar-refractivity contribution in [3.63, 3.8) is 0 Å². The topological polar surface area (TPSA) is 52.4 Å². The smallest absolute Gasteiger partial charge is 0.270 e. The van der Waals surface area contributed by atoms with Crippen LogP contribution in [0.3, 0.4) is 0 Å². The second-order valence-electron chi connectivity index (χ2n) is 4.95. The summed E-state index contributed by atoms with van der Waals surface area (Å²) in [5.74, 6) is 1.21. The van der Waals surface area contributed by atoms with Crippen LogP contribution in [0.15, 0.2) is 12.1 Å². The monoisotopic (exact) mass is 251 g/mol. The Hall–Kier alpha value is -1.58. The average molecular weight is 251 g/mol. The van der Waals surface area contributed by atoms with E-state index in [1.165, 1.54) is 0 Å². The number of nitro groups is 1. The molecule has 0 radical (unpaired) electrons. The van der Waals surface area contributed by atoms with Crippen molar-refractivity contribution in [3.8, 4) is 5.75 Å². The number of rotatable bonds is 5. The van der Waals surface area contributed by atoms with E-state index in [0.717, 1.165) is 16.9 Å². The predicted molar refractivity (Wildman–Crippen MR) is 72.4 cm³/mol. The fraction of sp³-hybridized carbons (Fsp3) is 0.571. The Kier molecular flexibility index (Phi) is 4.70. The van der Waals surface area contributed by atoms with Gasteiger partial charge in [-0.2, -0.15) is 0 Å². The van der Waals surface area contributed by atoms with Crippen LogP contribution in [0.1, 0.15) is 57.6 Å². The van der Waals surface area contributed by atoms with Crippen LogP contribution in [0.5, 0.6) is 5.75 Å². The predicted octanol–water partition coefficient (Wildman–Crippen LogP) is 4.24. The first-order chi connectivity index (χ1) is 8.38. The summed E-state index contributed by atoms with van der Waals surface area (Å²) >= 11 is 0. The summed E-state index contributed by atoms with van der Waals surface area (Å²) < 4.78 is 5.70. The van der Waals surface area contributed by atoms with Crippen molar-refractivity contribution < 1.29 is 9.66 Å². The van der Waals surface area contributed by atoms with Crippen LogP contribution in [0.25, 0.3) is 0 Å². The summed E-state index contributed by atoms with van der Waals surface area (Å²) in [6, 6.07) is 3.25. The number of hydrogen-bond acceptors (Lipinski definition) is 3. The summed E-state index contributed by atoms with van der Waals surface area (Å²) in [4.78, 5) is 10.6. The normalized spacial score (nSPS) is 11.1. The minimum atomic E-state index is -0.340. The molecule has 0 bridgehead atoms. The van der Waals surface area contributed by atoms with Crippen LogP contribution in [0.4, 0.5) is 5.69 Å². The van der Waals surface area contributed by atoms with E-state index in [1.807, 2.05) is 34.6 Å². The molecule has 0 unspecified atom stereocenters. The number of nitro benzene ring substituents is 1. The minimum absolute atomic E-state index is 0.144. The number of non-ortho nitro benzene ring substituents is 1. The molecule has 0 atom stereocenters. The Morgan fingerprint density at radius 3 is 1.89 bits per heavy atom. The maximum Gasteiger partial charge on any atom is 0.270 e. The SMILES string of the molecule is CCOc1c(C(C)C)cc([N+](=O)[O-])cc1C(C)C. The van der Waals surface area contributed by atoms with Gasteiger partial charge in [-0.3, -0.25) is 10.1 Å². The molecule has 0 amide bonds. The lowest BCUT2D eigenvalue weighted by atomic mass is 9.93. The van der Waals surface area contributed by atoms with Crippen molar-refractivity contribution >= 4 is 5.69 Å². The van der Waals surface area contributed by atoms with E-state index in [2.05, 4.69) is 0 Å². The molecule has 18 heavy (non-hydrogen) atoms. The zero-order valence-corrected chi connectivity index (χ0v) is 11.7. The molecule has 1 rings (SSSR count). The highest BCUT2D eigenvalue weighted by Crippen LogP contribution is 2.38. The van der Waals surface area contributed by atoms with Gasteiger partial charge in [-0.15, -0.1) is 0 Å². The standard InChI is InChI=1S/C14H21NO3/c1-6-18-14-12(9(2)3)7-11(15(16)17)8-13(14)10(4)5/h7-10H,6H2,1-5H3. The zero-order valence-electron chi connectivity index (χ0n) is 11.7. The lowest BCUT2D eigenvalue weighted by Crippen LogP contribution is -2.05. The highest BCUT2D eigenvalue weighted by Gasteiger charge is 2.21. The van der Waals surface area contributed by atoms with Crippen LogP contribution in [-0.2, 0) is 0 Å². The zero-order chi connectivity index (χ0) is 13.9. The Morgan fingerprint density at radius 1 is 1.17 bits per heavy atom. The van der Waals surface area contributed by atoms with Gasteiger partial charge in [0.15, 0.2) is 0 Å². The molecule has 0 saturated heterocycles. The van der Waals surface area contributed by atoms with Crippen LogP contribution < -0.4 is 4.74 Å². The van der Waals surface area contributed by atoms with E-state index in [9.17, 15) is 10.1 Å². The van der Waals surface area contributed by atoms with Gasteiger partial charge in [0.1, 0.15) is 5.75 Å². The average Bonchev–Trinajstić information content (AvgIpc) is 2.28. The summed E-state index contributed by atoms with van der Waals surface area (Å²) in [5, 5.41) is 11.0. The molecule has 0 aliphatic heterocycles. The second-order valence-corrected chi connectivity index (χ2v) is 4.95. The van der Waals surface area contributed by atoms with E-state index < -0.39 is 0 Å². The van der Waals surface area contributed by atoms with Crippen molar-refractivity contribution in [2.24, 2.45) is 0 Å². The number of nitrogens with zero attached hydrogens (tertiary/aromatic N) is 1. The lowest BCUT2D eigenvalue weighted by molar-refractivity contribution is -0.385. The Morgan fingerprint density at radius 2 is 1.61 bits per heavy atom. The second kappa shape index (κ2) is 5.85. The first-order valence-corrected chi connectivity index (χ1v) is 6.33. The third kappa shape index (κ3) is 3.00. The summed E-state index contributed by atoms with van der Waals surface area (Å²) in [6.45, 7) is 10.6. The Balaban J connectivity index is 3.49. The van der Waals surface area contributed by atoms with Crippen LogP contribution in [-0.4, -0.2) is 11.5 Å². The molecule has 100 valence electrons. The summed E-state index contributed by atoms with van der Waals surface area (Å²) in [5.41, 5.74) is 1.97. The van der Waals surface area contributed by atoms with Gasteiger partial charge in [0.05, 0.1) is 11.5 Å². The van der Waals surface area contributed by atoms with Crippen molar-refractivity contribution in [2.75, 3.05) is 6.61 Å². The molecule has 0 saturated carbocycles. The van der Waals surface area contributed by atoms with E-state index >= 15 is 0 Å². The maximum atomic E-state index is 11.0. The molecule has 0 aromatic heterocycles. The highest BCUT2D eigenvalue weighted by atomic mass is 16.6. The molecule has 4 heteroatoms. The summed E-state index contributed by atoms with van der Waals surface area (Å²) in [6.07, 6.45) is 0. The third-order valence-electron chi connectivity index (χ3n) is 2.87. The first kappa shape index (κ1) is 14.5. The highest BCUT2D eigenvalue weighted by molar-refractivity contribution is 5.52. The van der Waals surface area contributed by atoms with Gasteiger partial charge in [-0.25, -0.2) is 0 Å². The molecule has 0 spiro atoms. The molecule has 4 nitrogen and oxygen atoms in total. The fourth-order valence-electron chi connectivity index (χ4n) is 1.93. The summed E-state index contributed by atoms with van der Waals surface area (Å²) in [7, 11) is 0. The van der Waals surface area contributed by atoms with Crippen LogP contribution in [0, 0.1) is 10.1 Å². The van der Waals surface area contributed by atoms with Crippen molar-refractivity contribution in [2.45, 2.75) is 46.5 Å². The molecular weight excluding hydrogens is 230 g/mol. The van der Waals surface area contributed by atoms with E-state index in [4.69, 9.17) is 4.74 Å². The third-order valence-corrected chi connectivity index (χ3v) is 2.87. The largest absolute Gasteiger partial charge is 0.493 e. The quantitative estimate of drug-likeness (QED) is 0.581. The molecule has 0 fully saturated rings. The Labute approximate surface area is 108 Å². The van der Waals surface area contributed by atoms with Crippen molar-refractivity contribution in [3.05, 3.63) is 33.4 Å². The van der Waals surface area contributed by atoms with Gasteiger partial charge in [0, 0.05) is 23.3 Å². The number of benzene rings is 1. The molecule has 1 aromatic carbocycles. The van der Waals surface area contributed by atoms with Gasteiger partial charge in [-0.05, 0) is 18.8 Å². The molecule has 0 aliphatic carbocycles. The first-order valence-electron chi connectivity index (χ1n) is 6.33. The van der Waals surface area contributed by atoms with E-state index in [1.54, 1.807) is 12.1 Å². The van der Waals surface area contributed by atoms with Gasteiger partial charge < -0.3 is 4.74 Å². The molecule has 0 aliphatic rings. The molecule has 1 aromatic rings. The van der Waals surface area contributed by atoms with Gasteiger partial charge in [0.25, 0.3) is 5.69 Å². The lowest BCUT2D eigenvalue weighted by Gasteiger charge is -2.19. The van der Waals surface area contributed by atoms with Crippen LogP contribution >= 0.6 is 0 Å². The van der Waals surface area contributed by atoms with Gasteiger partial charge in [0.2, 0.25) is 0 Å². The van der Waals surface area contributed by atoms with Gasteiger partial charge >= 0.3 is 0 Å². The van der Waals surface area contributed by atoms with Crippen molar-refractivity contribution in [1.82, 2.24) is 0 Å². The maximum absolute atomic E-state index is 11.0. The van der Waals surface area contributed by atoms with Crippen molar-refractivity contribution in [1.29, 1.82) is 0 Å².